The molecule has 0 aromatic heterocycles. The minimum absolute atomic E-state index is 0.0784. The first-order chi connectivity index (χ1) is 9.56. The summed E-state index contributed by atoms with van der Waals surface area (Å²) in [5, 5.41) is 3.86. The number of benzene rings is 1. The van der Waals surface area contributed by atoms with Crippen molar-refractivity contribution in [3.8, 4) is 0 Å². The highest BCUT2D eigenvalue weighted by Crippen LogP contribution is 2.27. The van der Waals surface area contributed by atoms with Crippen LogP contribution in [0.3, 0.4) is 0 Å². The van der Waals surface area contributed by atoms with E-state index in [1.165, 1.54) is 19.3 Å². The van der Waals surface area contributed by atoms with Crippen LogP contribution < -0.4 is 5.32 Å². The van der Waals surface area contributed by atoms with Crippen LogP contribution in [0.1, 0.15) is 39.5 Å². The van der Waals surface area contributed by atoms with Gasteiger partial charge in [-0.15, -0.1) is 11.8 Å². The summed E-state index contributed by atoms with van der Waals surface area (Å²) >= 11 is 7.45. The second kappa shape index (κ2) is 7.37. The highest BCUT2D eigenvalue weighted by atomic mass is 35.5. The quantitative estimate of drug-likeness (QED) is 0.829. The fourth-order valence-electron chi connectivity index (χ4n) is 2.60. The first-order valence-corrected chi connectivity index (χ1v) is 8.54. The van der Waals surface area contributed by atoms with E-state index >= 15 is 0 Å². The summed E-state index contributed by atoms with van der Waals surface area (Å²) < 4.78 is 0. The smallest absolute Gasteiger partial charge is 0.233 e. The lowest BCUT2D eigenvalue weighted by atomic mass is 9.86. The van der Waals surface area contributed by atoms with Gasteiger partial charge in [-0.05, 0) is 49.9 Å². The number of rotatable bonds is 4. The van der Waals surface area contributed by atoms with E-state index in [1.54, 1.807) is 11.8 Å². The van der Waals surface area contributed by atoms with Gasteiger partial charge < -0.3 is 5.32 Å². The number of nitrogens with one attached hydrogen (secondary N) is 1. The standard InChI is InChI=1S/C16H22ClNOS/c1-11-5-3-4-6-15(11)18-16(19)12(2)20-14-9-7-13(17)8-10-14/h7-12,15H,3-6H2,1-2H3,(H,18,19)/t11-,12+,15-/m0/s1. The summed E-state index contributed by atoms with van der Waals surface area (Å²) in [7, 11) is 0. The summed E-state index contributed by atoms with van der Waals surface area (Å²) in [6.45, 7) is 4.20. The molecule has 20 heavy (non-hydrogen) atoms. The fraction of sp³-hybridized carbons (Fsp3) is 0.562. The summed E-state index contributed by atoms with van der Waals surface area (Å²) in [4.78, 5) is 13.3. The molecule has 1 N–H and O–H groups in total. The number of hydrogen-bond acceptors (Lipinski definition) is 2. The van der Waals surface area contributed by atoms with Gasteiger partial charge in [0.05, 0.1) is 5.25 Å². The van der Waals surface area contributed by atoms with Crippen molar-refractivity contribution in [2.24, 2.45) is 5.92 Å². The van der Waals surface area contributed by atoms with Crippen molar-refractivity contribution in [2.45, 2.75) is 55.7 Å². The van der Waals surface area contributed by atoms with E-state index in [0.29, 0.717) is 12.0 Å². The van der Waals surface area contributed by atoms with Crippen molar-refractivity contribution in [3.63, 3.8) is 0 Å². The Morgan fingerprint density at radius 3 is 2.60 bits per heavy atom. The van der Waals surface area contributed by atoms with Gasteiger partial charge in [0.2, 0.25) is 5.91 Å². The Labute approximate surface area is 130 Å². The third kappa shape index (κ3) is 4.42. The summed E-state index contributed by atoms with van der Waals surface area (Å²) in [5.74, 6) is 0.740. The van der Waals surface area contributed by atoms with Crippen LogP contribution in [0.4, 0.5) is 0 Å². The van der Waals surface area contributed by atoms with Gasteiger partial charge in [-0.1, -0.05) is 31.4 Å². The molecule has 1 aliphatic rings. The van der Waals surface area contributed by atoms with Crippen LogP contribution in [0.2, 0.25) is 5.02 Å². The monoisotopic (exact) mass is 311 g/mol. The molecule has 110 valence electrons. The third-order valence-corrected chi connectivity index (χ3v) is 5.30. The molecule has 0 bridgehead atoms. The van der Waals surface area contributed by atoms with Crippen LogP contribution in [0.25, 0.3) is 0 Å². The number of hydrogen-bond donors (Lipinski definition) is 1. The molecule has 0 unspecified atom stereocenters. The predicted octanol–water partition coefficient (Wildman–Crippen LogP) is 4.52. The Morgan fingerprint density at radius 1 is 1.30 bits per heavy atom. The van der Waals surface area contributed by atoms with Crippen LogP contribution in [0, 0.1) is 5.92 Å². The van der Waals surface area contributed by atoms with Crippen molar-refractivity contribution in [3.05, 3.63) is 29.3 Å². The molecule has 3 atom stereocenters. The molecule has 4 heteroatoms. The minimum atomic E-state index is -0.0784. The molecule has 0 heterocycles. The molecule has 2 nitrogen and oxygen atoms in total. The first kappa shape index (κ1) is 15.7. The molecular formula is C16H22ClNOS. The second-order valence-electron chi connectivity index (χ2n) is 5.59. The van der Waals surface area contributed by atoms with Gasteiger partial charge in [0.1, 0.15) is 0 Å². The van der Waals surface area contributed by atoms with Crippen LogP contribution in [-0.4, -0.2) is 17.2 Å². The zero-order chi connectivity index (χ0) is 14.5. The normalized spacial score (nSPS) is 24.1. The van der Waals surface area contributed by atoms with Crippen molar-refractivity contribution >= 4 is 29.3 Å². The Bertz CT molecular complexity index is 448. The maximum atomic E-state index is 12.3. The molecule has 1 aromatic rings. The summed E-state index contributed by atoms with van der Waals surface area (Å²) in [6.07, 6.45) is 4.87. The molecule has 1 fully saturated rings. The van der Waals surface area contributed by atoms with Crippen molar-refractivity contribution in [1.29, 1.82) is 0 Å². The highest BCUT2D eigenvalue weighted by Gasteiger charge is 2.25. The van der Waals surface area contributed by atoms with E-state index in [-0.39, 0.29) is 11.2 Å². The first-order valence-electron chi connectivity index (χ1n) is 7.29. The summed E-state index contributed by atoms with van der Waals surface area (Å²) in [5.41, 5.74) is 0. The molecule has 0 saturated heterocycles. The van der Waals surface area contributed by atoms with E-state index in [1.807, 2.05) is 31.2 Å². The highest BCUT2D eigenvalue weighted by molar-refractivity contribution is 8.00. The fourth-order valence-corrected chi connectivity index (χ4v) is 3.60. The molecule has 0 spiro atoms. The lowest BCUT2D eigenvalue weighted by molar-refractivity contribution is -0.121. The zero-order valence-corrected chi connectivity index (χ0v) is 13.6. The molecule has 1 amide bonds. The zero-order valence-electron chi connectivity index (χ0n) is 12.1. The molecule has 0 aliphatic heterocycles. The van der Waals surface area contributed by atoms with E-state index in [9.17, 15) is 4.79 Å². The van der Waals surface area contributed by atoms with Crippen LogP contribution in [0.5, 0.6) is 0 Å². The average Bonchev–Trinajstić information content (AvgIpc) is 2.44. The van der Waals surface area contributed by atoms with E-state index in [2.05, 4.69) is 12.2 Å². The third-order valence-electron chi connectivity index (χ3n) is 3.93. The Kier molecular flexibility index (Phi) is 5.79. The van der Waals surface area contributed by atoms with Gasteiger partial charge in [-0.2, -0.15) is 0 Å². The average molecular weight is 312 g/mol. The number of amides is 1. The Balaban J connectivity index is 1.86. The van der Waals surface area contributed by atoms with E-state index in [4.69, 9.17) is 11.6 Å². The topological polar surface area (TPSA) is 29.1 Å². The predicted molar refractivity (Wildman–Crippen MR) is 86.3 cm³/mol. The molecule has 0 radical (unpaired) electrons. The second-order valence-corrected chi connectivity index (χ2v) is 7.44. The van der Waals surface area contributed by atoms with Gasteiger partial charge in [0, 0.05) is 16.0 Å². The van der Waals surface area contributed by atoms with Gasteiger partial charge >= 0.3 is 0 Å². The van der Waals surface area contributed by atoms with Gasteiger partial charge in [-0.3, -0.25) is 4.79 Å². The van der Waals surface area contributed by atoms with Crippen LogP contribution in [-0.2, 0) is 4.79 Å². The summed E-state index contributed by atoms with van der Waals surface area (Å²) in [6, 6.07) is 7.99. The van der Waals surface area contributed by atoms with Crippen LogP contribution >= 0.6 is 23.4 Å². The van der Waals surface area contributed by atoms with Gasteiger partial charge in [-0.25, -0.2) is 0 Å². The molecule has 1 saturated carbocycles. The molecule has 2 rings (SSSR count). The largest absolute Gasteiger partial charge is 0.352 e. The van der Waals surface area contributed by atoms with Gasteiger partial charge in [0.25, 0.3) is 0 Å². The Morgan fingerprint density at radius 2 is 1.95 bits per heavy atom. The Hall–Kier alpha value is -0.670. The lowest BCUT2D eigenvalue weighted by Gasteiger charge is -2.30. The lowest BCUT2D eigenvalue weighted by Crippen LogP contribution is -2.44. The van der Waals surface area contributed by atoms with Crippen molar-refractivity contribution < 1.29 is 4.79 Å². The SMILES string of the molecule is C[C@@H](Sc1ccc(Cl)cc1)C(=O)N[C@H]1CCCC[C@@H]1C. The molecule has 1 aromatic carbocycles. The minimum Gasteiger partial charge on any atom is -0.352 e. The van der Waals surface area contributed by atoms with E-state index < -0.39 is 0 Å². The maximum absolute atomic E-state index is 12.3. The van der Waals surface area contributed by atoms with Gasteiger partial charge in [0.15, 0.2) is 0 Å². The van der Waals surface area contributed by atoms with Crippen LogP contribution in [0.15, 0.2) is 29.2 Å². The number of halogens is 1. The number of thioether (sulfide) groups is 1. The van der Waals surface area contributed by atoms with E-state index in [0.717, 1.165) is 16.3 Å². The van der Waals surface area contributed by atoms with Crippen molar-refractivity contribution in [1.82, 2.24) is 5.32 Å². The number of carbonyl (C=O) groups excluding carboxylic acids is 1. The van der Waals surface area contributed by atoms with Crippen molar-refractivity contribution in [2.75, 3.05) is 0 Å². The number of carbonyl (C=O) groups is 1. The molecule has 1 aliphatic carbocycles. The molecular weight excluding hydrogens is 290 g/mol. The maximum Gasteiger partial charge on any atom is 0.233 e.